The summed E-state index contributed by atoms with van der Waals surface area (Å²) < 4.78 is 3.11. The van der Waals surface area contributed by atoms with Crippen LogP contribution in [-0.2, 0) is 6.54 Å². The zero-order chi connectivity index (χ0) is 11.5. The summed E-state index contributed by atoms with van der Waals surface area (Å²) in [4.78, 5) is 0. The van der Waals surface area contributed by atoms with Crippen LogP contribution in [0.5, 0.6) is 0 Å². The number of benzene rings is 1. The highest BCUT2D eigenvalue weighted by Gasteiger charge is 2.06. The first-order chi connectivity index (χ1) is 7.72. The lowest BCUT2D eigenvalue weighted by atomic mass is 10.1. The molecule has 16 heavy (non-hydrogen) atoms. The minimum absolute atomic E-state index is 0.790. The maximum Gasteiger partial charge on any atom is 0.161 e. The van der Waals surface area contributed by atoms with Crippen LogP contribution in [0.15, 0.2) is 29.6 Å². The molecule has 2 N–H and O–H groups in total. The van der Waals surface area contributed by atoms with E-state index in [0.717, 1.165) is 28.2 Å². The van der Waals surface area contributed by atoms with E-state index >= 15 is 0 Å². The Morgan fingerprint density at radius 2 is 2.25 bits per heavy atom. The summed E-state index contributed by atoms with van der Waals surface area (Å²) in [6.07, 6.45) is 1.08. The molecule has 4 heteroatoms. The van der Waals surface area contributed by atoms with Crippen LogP contribution in [-0.4, -0.2) is 4.57 Å². The van der Waals surface area contributed by atoms with Gasteiger partial charge in [0.15, 0.2) is 3.95 Å². The van der Waals surface area contributed by atoms with E-state index in [1.165, 1.54) is 5.69 Å². The maximum atomic E-state index is 5.79. The quantitative estimate of drug-likeness (QED) is 0.661. The van der Waals surface area contributed by atoms with Crippen LogP contribution >= 0.6 is 23.6 Å². The Morgan fingerprint density at radius 3 is 2.94 bits per heavy atom. The van der Waals surface area contributed by atoms with Gasteiger partial charge in [-0.15, -0.1) is 11.3 Å². The molecule has 0 unspecified atom stereocenters. The molecule has 0 aliphatic carbocycles. The molecule has 0 amide bonds. The SMILES string of the molecule is CCCn1c(-c2cccc(N)c2)csc1=S. The Labute approximate surface area is 104 Å². The van der Waals surface area contributed by atoms with Crippen molar-refractivity contribution in [3.05, 3.63) is 33.6 Å². The fourth-order valence-electron chi connectivity index (χ4n) is 1.69. The largest absolute Gasteiger partial charge is 0.399 e. The standard InChI is InChI=1S/C12H14N2S2/c1-2-6-14-11(8-16-12(14)15)9-4-3-5-10(13)7-9/h3-5,7-8H,2,6,13H2,1H3. The highest BCUT2D eigenvalue weighted by Crippen LogP contribution is 2.25. The molecule has 0 saturated heterocycles. The molecule has 2 rings (SSSR count). The fraction of sp³-hybridized carbons (Fsp3) is 0.250. The summed E-state index contributed by atoms with van der Waals surface area (Å²) >= 11 is 6.93. The predicted molar refractivity (Wildman–Crippen MR) is 73.3 cm³/mol. The van der Waals surface area contributed by atoms with Gasteiger partial charge in [-0.05, 0) is 30.8 Å². The van der Waals surface area contributed by atoms with Crippen molar-refractivity contribution in [1.29, 1.82) is 0 Å². The normalized spacial score (nSPS) is 10.6. The van der Waals surface area contributed by atoms with Gasteiger partial charge in [-0.3, -0.25) is 0 Å². The van der Waals surface area contributed by atoms with Crippen molar-refractivity contribution < 1.29 is 0 Å². The number of hydrogen-bond acceptors (Lipinski definition) is 3. The third kappa shape index (κ3) is 2.18. The van der Waals surface area contributed by atoms with Gasteiger partial charge in [-0.25, -0.2) is 0 Å². The summed E-state index contributed by atoms with van der Waals surface area (Å²) in [6, 6.07) is 7.93. The van der Waals surface area contributed by atoms with Gasteiger partial charge in [-0.1, -0.05) is 19.1 Å². The topological polar surface area (TPSA) is 30.9 Å². The summed E-state index contributed by atoms with van der Waals surface area (Å²) in [5.74, 6) is 0. The van der Waals surface area contributed by atoms with Crippen molar-refractivity contribution in [3.8, 4) is 11.3 Å². The van der Waals surface area contributed by atoms with E-state index in [0.29, 0.717) is 0 Å². The Kier molecular flexibility index (Phi) is 3.41. The number of thiazole rings is 1. The average Bonchev–Trinajstić information content (AvgIpc) is 2.61. The number of nitrogen functional groups attached to an aromatic ring is 1. The van der Waals surface area contributed by atoms with Gasteiger partial charge >= 0.3 is 0 Å². The molecule has 0 saturated carbocycles. The van der Waals surface area contributed by atoms with Crippen LogP contribution in [0.25, 0.3) is 11.3 Å². The molecular weight excluding hydrogens is 236 g/mol. The van der Waals surface area contributed by atoms with Crippen LogP contribution in [0.4, 0.5) is 5.69 Å². The van der Waals surface area contributed by atoms with Gasteiger partial charge in [0, 0.05) is 23.2 Å². The van der Waals surface area contributed by atoms with Crippen molar-refractivity contribution in [2.24, 2.45) is 0 Å². The maximum absolute atomic E-state index is 5.79. The zero-order valence-corrected chi connectivity index (χ0v) is 10.8. The first-order valence-electron chi connectivity index (χ1n) is 5.26. The monoisotopic (exact) mass is 250 g/mol. The molecule has 0 spiro atoms. The number of aromatic nitrogens is 1. The molecule has 0 bridgehead atoms. The number of nitrogens with zero attached hydrogens (tertiary/aromatic N) is 1. The molecule has 1 heterocycles. The summed E-state index contributed by atoms with van der Waals surface area (Å²) in [6.45, 7) is 3.12. The van der Waals surface area contributed by atoms with E-state index in [1.54, 1.807) is 11.3 Å². The van der Waals surface area contributed by atoms with Crippen LogP contribution in [0.3, 0.4) is 0 Å². The highest BCUT2D eigenvalue weighted by molar-refractivity contribution is 7.73. The van der Waals surface area contributed by atoms with Gasteiger partial charge in [0.25, 0.3) is 0 Å². The number of rotatable bonds is 3. The molecule has 84 valence electrons. The molecule has 0 radical (unpaired) electrons. The van der Waals surface area contributed by atoms with Gasteiger partial charge in [0.1, 0.15) is 0 Å². The van der Waals surface area contributed by atoms with Crippen LogP contribution in [0, 0.1) is 3.95 Å². The smallest absolute Gasteiger partial charge is 0.161 e. The van der Waals surface area contributed by atoms with Crippen molar-refractivity contribution in [3.63, 3.8) is 0 Å². The highest BCUT2D eigenvalue weighted by atomic mass is 32.1. The lowest BCUT2D eigenvalue weighted by Crippen LogP contribution is -1.99. The minimum atomic E-state index is 0.790. The molecule has 0 fully saturated rings. The zero-order valence-electron chi connectivity index (χ0n) is 9.14. The molecule has 0 aliphatic heterocycles. The Bertz CT molecular complexity index is 540. The molecular formula is C12H14N2S2. The van der Waals surface area contributed by atoms with Gasteiger partial charge in [0.05, 0.1) is 5.69 Å². The van der Waals surface area contributed by atoms with Crippen molar-refractivity contribution in [2.45, 2.75) is 19.9 Å². The Morgan fingerprint density at radius 1 is 1.44 bits per heavy atom. The Balaban J connectivity index is 2.51. The van der Waals surface area contributed by atoms with E-state index in [1.807, 2.05) is 18.2 Å². The molecule has 1 aromatic carbocycles. The van der Waals surface area contributed by atoms with Crippen molar-refractivity contribution in [1.82, 2.24) is 4.57 Å². The van der Waals surface area contributed by atoms with Crippen LogP contribution in [0.2, 0.25) is 0 Å². The molecule has 2 aromatic rings. The first-order valence-corrected chi connectivity index (χ1v) is 6.55. The molecule has 2 nitrogen and oxygen atoms in total. The van der Waals surface area contributed by atoms with E-state index in [4.69, 9.17) is 18.0 Å². The van der Waals surface area contributed by atoms with Crippen LogP contribution in [0.1, 0.15) is 13.3 Å². The summed E-state index contributed by atoms with van der Waals surface area (Å²) in [5, 5.41) is 2.10. The van der Waals surface area contributed by atoms with Gasteiger partial charge in [-0.2, -0.15) is 0 Å². The number of hydrogen-bond donors (Lipinski definition) is 1. The van der Waals surface area contributed by atoms with Crippen LogP contribution < -0.4 is 5.73 Å². The third-order valence-corrected chi connectivity index (χ3v) is 3.68. The van der Waals surface area contributed by atoms with Crippen molar-refractivity contribution in [2.75, 3.05) is 5.73 Å². The number of nitrogens with two attached hydrogens (primary N) is 1. The fourth-order valence-corrected chi connectivity index (χ4v) is 2.82. The summed E-state index contributed by atoms with van der Waals surface area (Å²) in [5.41, 5.74) is 8.89. The molecule has 0 aliphatic rings. The Hall–Kier alpha value is -1.13. The third-order valence-electron chi connectivity index (χ3n) is 2.41. The second kappa shape index (κ2) is 4.80. The van der Waals surface area contributed by atoms with Gasteiger partial charge in [0.2, 0.25) is 0 Å². The second-order valence-electron chi connectivity index (χ2n) is 3.66. The molecule has 1 aromatic heterocycles. The second-order valence-corrected chi connectivity index (χ2v) is 5.17. The van der Waals surface area contributed by atoms with E-state index in [-0.39, 0.29) is 0 Å². The predicted octanol–water partition coefficient (Wildman–Crippen LogP) is 3.94. The first kappa shape index (κ1) is 11.4. The lowest BCUT2D eigenvalue weighted by Gasteiger charge is -2.07. The number of anilines is 1. The van der Waals surface area contributed by atoms with E-state index in [9.17, 15) is 0 Å². The summed E-state index contributed by atoms with van der Waals surface area (Å²) in [7, 11) is 0. The minimum Gasteiger partial charge on any atom is -0.399 e. The molecule has 0 atom stereocenters. The van der Waals surface area contributed by atoms with E-state index < -0.39 is 0 Å². The van der Waals surface area contributed by atoms with E-state index in [2.05, 4.69) is 22.9 Å². The van der Waals surface area contributed by atoms with Crippen molar-refractivity contribution >= 4 is 29.2 Å². The lowest BCUT2D eigenvalue weighted by molar-refractivity contribution is 0.686. The van der Waals surface area contributed by atoms with Gasteiger partial charge < -0.3 is 10.3 Å². The average molecular weight is 250 g/mol.